The lowest BCUT2D eigenvalue weighted by atomic mass is 10.0. The number of methoxy groups -OCH3 is 1. The Hall–Kier alpha value is -2.20. The Bertz CT molecular complexity index is 1140. The summed E-state index contributed by atoms with van der Waals surface area (Å²) in [6, 6.07) is 19.2. The third-order valence-corrected chi connectivity index (χ3v) is 5.82. The van der Waals surface area contributed by atoms with Crippen LogP contribution in [0.1, 0.15) is 22.3 Å². The van der Waals surface area contributed by atoms with E-state index in [1.807, 2.05) is 55.5 Å². The molecule has 6 heteroatoms. The topological polar surface area (TPSA) is 42.2 Å². The van der Waals surface area contributed by atoms with Crippen LogP contribution in [0.15, 0.2) is 54.6 Å². The predicted molar refractivity (Wildman–Crippen MR) is 131 cm³/mol. The number of nitriles is 1. The summed E-state index contributed by atoms with van der Waals surface area (Å²) in [6.45, 7) is 2.30. The van der Waals surface area contributed by atoms with E-state index >= 15 is 0 Å². The molecule has 0 aromatic heterocycles. The number of nitrogens with zero attached hydrogens (tertiary/aromatic N) is 1. The Balaban J connectivity index is 1.89. The first-order valence-electron chi connectivity index (χ1n) is 9.04. The molecule has 0 bridgehead atoms. The molecule has 0 saturated carbocycles. The first-order valence-corrected chi connectivity index (χ1v) is 10.9. The summed E-state index contributed by atoms with van der Waals surface area (Å²) in [7, 11) is 1.59. The van der Waals surface area contributed by atoms with Gasteiger partial charge in [0.05, 0.1) is 22.3 Å². The van der Waals surface area contributed by atoms with E-state index in [0.29, 0.717) is 27.1 Å². The third-order valence-electron chi connectivity index (χ3n) is 4.43. The number of hydrogen-bond acceptors (Lipinski definition) is 3. The smallest absolute Gasteiger partial charge is 0.174 e. The third kappa shape index (κ3) is 5.48. The minimum atomic E-state index is 0.282. The second-order valence-corrected chi connectivity index (χ2v) is 8.60. The Morgan fingerprint density at radius 2 is 1.83 bits per heavy atom. The molecule has 0 heterocycles. The van der Waals surface area contributed by atoms with Crippen molar-refractivity contribution >= 4 is 57.4 Å². The number of halogens is 3. The van der Waals surface area contributed by atoms with Crippen molar-refractivity contribution in [3.05, 3.63) is 90.5 Å². The molecular formula is C24H18Cl2INO2. The van der Waals surface area contributed by atoms with E-state index in [4.69, 9.17) is 32.7 Å². The van der Waals surface area contributed by atoms with Crippen LogP contribution in [0.4, 0.5) is 0 Å². The molecule has 0 N–H and O–H groups in total. The summed E-state index contributed by atoms with van der Waals surface area (Å²) < 4.78 is 12.4. The maximum absolute atomic E-state index is 9.62. The van der Waals surface area contributed by atoms with Crippen LogP contribution in [0.2, 0.25) is 10.0 Å². The van der Waals surface area contributed by atoms with Crippen molar-refractivity contribution in [2.75, 3.05) is 7.11 Å². The molecule has 0 unspecified atom stereocenters. The summed E-state index contributed by atoms with van der Waals surface area (Å²) >= 11 is 14.4. The van der Waals surface area contributed by atoms with Crippen LogP contribution in [0.5, 0.6) is 11.5 Å². The van der Waals surface area contributed by atoms with Gasteiger partial charge in [-0.25, -0.2) is 0 Å². The Morgan fingerprint density at radius 3 is 2.47 bits per heavy atom. The van der Waals surface area contributed by atoms with Gasteiger partial charge in [-0.1, -0.05) is 59.1 Å². The number of aryl methyl sites for hydroxylation is 1. The molecular weight excluding hydrogens is 532 g/mol. The molecule has 3 nitrogen and oxygen atoms in total. The monoisotopic (exact) mass is 549 g/mol. The zero-order valence-electron chi connectivity index (χ0n) is 16.4. The van der Waals surface area contributed by atoms with Crippen LogP contribution in [0.25, 0.3) is 11.6 Å². The standard InChI is InChI=1S/C24H18Cl2INO2/c1-15-3-5-17(6-4-15)19(13-28)9-16-10-22(27)24(23(11-16)29-2)30-14-18-7-8-20(25)12-21(18)26/h3-12H,14H2,1-2H3/b19-9-. The maximum atomic E-state index is 9.62. The number of hydrogen-bond donors (Lipinski definition) is 0. The number of ether oxygens (including phenoxy) is 2. The first kappa shape index (κ1) is 22.5. The first-order chi connectivity index (χ1) is 14.4. The molecule has 3 aromatic rings. The normalized spacial score (nSPS) is 11.1. The van der Waals surface area contributed by atoms with Crippen molar-refractivity contribution in [2.24, 2.45) is 0 Å². The fourth-order valence-corrected chi connectivity index (χ4v) is 4.08. The SMILES string of the molecule is COc1cc(/C=C(/C#N)c2ccc(C)cc2)cc(I)c1OCc1ccc(Cl)cc1Cl. The van der Waals surface area contributed by atoms with E-state index < -0.39 is 0 Å². The lowest BCUT2D eigenvalue weighted by Gasteiger charge is -2.14. The highest BCUT2D eigenvalue weighted by Gasteiger charge is 2.13. The fourth-order valence-electron chi connectivity index (χ4n) is 2.83. The van der Waals surface area contributed by atoms with E-state index in [0.717, 1.165) is 25.8 Å². The van der Waals surface area contributed by atoms with Gasteiger partial charge in [0.15, 0.2) is 11.5 Å². The van der Waals surface area contributed by atoms with E-state index in [-0.39, 0.29) is 6.61 Å². The molecule has 0 amide bonds. The van der Waals surface area contributed by atoms with E-state index in [9.17, 15) is 5.26 Å². The van der Waals surface area contributed by atoms with Crippen LogP contribution >= 0.6 is 45.8 Å². The predicted octanol–water partition coefficient (Wildman–Crippen LogP) is 7.56. The van der Waals surface area contributed by atoms with E-state index in [2.05, 4.69) is 28.7 Å². The number of rotatable bonds is 6. The van der Waals surface area contributed by atoms with Gasteiger partial charge in [-0.3, -0.25) is 0 Å². The molecule has 3 rings (SSSR count). The molecule has 0 spiro atoms. The van der Waals surface area contributed by atoms with Crippen LogP contribution < -0.4 is 9.47 Å². The second-order valence-electron chi connectivity index (χ2n) is 6.59. The Labute approximate surface area is 200 Å². The highest BCUT2D eigenvalue weighted by Crippen LogP contribution is 2.36. The molecule has 3 aromatic carbocycles. The maximum Gasteiger partial charge on any atom is 0.174 e. The molecule has 0 radical (unpaired) electrons. The zero-order valence-corrected chi connectivity index (χ0v) is 20.0. The molecule has 0 aliphatic carbocycles. The van der Waals surface area contributed by atoms with Gasteiger partial charge in [0, 0.05) is 15.6 Å². The highest BCUT2D eigenvalue weighted by atomic mass is 127. The molecule has 152 valence electrons. The number of allylic oxidation sites excluding steroid dienone is 1. The van der Waals surface area contributed by atoms with Crippen molar-refractivity contribution in [1.82, 2.24) is 0 Å². The van der Waals surface area contributed by atoms with Crippen molar-refractivity contribution in [3.63, 3.8) is 0 Å². The summed E-state index contributed by atoms with van der Waals surface area (Å²) in [5.74, 6) is 1.20. The van der Waals surface area contributed by atoms with Crippen LogP contribution in [0.3, 0.4) is 0 Å². The van der Waals surface area contributed by atoms with Gasteiger partial charge < -0.3 is 9.47 Å². The quantitative estimate of drug-likeness (QED) is 0.181. The number of benzene rings is 3. The van der Waals surface area contributed by atoms with E-state index in [1.54, 1.807) is 19.2 Å². The molecule has 0 aliphatic rings. The molecule has 0 aliphatic heterocycles. The van der Waals surface area contributed by atoms with Crippen molar-refractivity contribution in [1.29, 1.82) is 5.26 Å². The lowest BCUT2D eigenvalue weighted by molar-refractivity contribution is 0.282. The van der Waals surface area contributed by atoms with Gasteiger partial charge in [0.25, 0.3) is 0 Å². The lowest BCUT2D eigenvalue weighted by Crippen LogP contribution is -2.01. The average Bonchev–Trinajstić information content (AvgIpc) is 2.72. The van der Waals surface area contributed by atoms with Gasteiger partial charge in [-0.05, 0) is 71.0 Å². The average molecular weight is 550 g/mol. The minimum absolute atomic E-state index is 0.282. The summed E-state index contributed by atoms with van der Waals surface area (Å²) in [5, 5.41) is 10.7. The van der Waals surface area contributed by atoms with Crippen molar-refractivity contribution < 1.29 is 9.47 Å². The molecule has 0 atom stereocenters. The fraction of sp³-hybridized carbons (Fsp3) is 0.125. The molecule has 0 fully saturated rings. The van der Waals surface area contributed by atoms with Crippen LogP contribution in [0, 0.1) is 21.8 Å². The van der Waals surface area contributed by atoms with Crippen LogP contribution in [-0.4, -0.2) is 7.11 Å². The summed E-state index contributed by atoms with van der Waals surface area (Å²) in [5.41, 5.74) is 4.28. The molecule has 30 heavy (non-hydrogen) atoms. The molecule has 0 saturated heterocycles. The largest absolute Gasteiger partial charge is 0.493 e. The van der Waals surface area contributed by atoms with Gasteiger partial charge in [-0.15, -0.1) is 0 Å². The zero-order chi connectivity index (χ0) is 21.7. The summed E-state index contributed by atoms with van der Waals surface area (Å²) in [6.07, 6.45) is 1.84. The second kappa shape index (κ2) is 10.2. The van der Waals surface area contributed by atoms with Gasteiger partial charge in [-0.2, -0.15) is 5.26 Å². The van der Waals surface area contributed by atoms with E-state index in [1.165, 1.54) is 0 Å². The van der Waals surface area contributed by atoms with Crippen LogP contribution in [-0.2, 0) is 6.61 Å². The Kier molecular flexibility index (Phi) is 7.65. The summed E-state index contributed by atoms with van der Waals surface area (Å²) in [4.78, 5) is 0. The van der Waals surface area contributed by atoms with Gasteiger partial charge >= 0.3 is 0 Å². The Morgan fingerprint density at radius 1 is 1.10 bits per heavy atom. The van der Waals surface area contributed by atoms with Gasteiger partial charge in [0.1, 0.15) is 6.61 Å². The van der Waals surface area contributed by atoms with Crippen molar-refractivity contribution in [2.45, 2.75) is 13.5 Å². The highest BCUT2D eigenvalue weighted by molar-refractivity contribution is 14.1. The van der Waals surface area contributed by atoms with Gasteiger partial charge in [0.2, 0.25) is 0 Å². The van der Waals surface area contributed by atoms with Crippen molar-refractivity contribution in [3.8, 4) is 17.6 Å². The minimum Gasteiger partial charge on any atom is -0.493 e.